The second kappa shape index (κ2) is 6.34. The Hall–Kier alpha value is -1.44. The second-order valence-electron chi connectivity index (χ2n) is 5.73. The summed E-state index contributed by atoms with van der Waals surface area (Å²) in [5.74, 6) is -0.650. The molecule has 8 heteroatoms. The number of nitrogens with zero attached hydrogens (tertiary/aromatic N) is 1. The lowest BCUT2D eigenvalue weighted by Crippen LogP contribution is -2.55. The molecular weight excluding hydrogens is 282 g/mol. The van der Waals surface area contributed by atoms with Gasteiger partial charge in [-0.05, 0) is 27.7 Å². The van der Waals surface area contributed by atoms with Crippen LogP contribution in [-0.2, 0) is 9.59 Å². The molecule has 0 radical (unpaired) electrons. The van der Waals surface area contributed by atoms with E-state index in [1.54, 1.807) is 6.92 Å². The van der Waals surface area contributed by atoms with Gasteiger partial charge in [0.25, 0.3) is 0 Å². The molecule has 7 nitrogen and oxygen atoms in total. The molecular formula is C12H21N3O4S. The highest BCUT2D eigenvalue weighted by Gasteiger charge is 2.35. The van der Waals surface area contributed by atoms with E-state index in [1.807, 2.05) is 20.8 Å². The molecule has 20 heavy (non-hydrogen) atoms. The number of thioether (sulfide) groups is 1. The quantitative estimate of drug-likeness (QED) is 0.703. The summed E-state index contributed by atoms with van der Waals surface area (Å²) in [6.07, 6.45) is 0. The van der Waals surface area contributed by atoms with Gasteiger partial charge in [0.05, 0.1) is 5.88 Å². The van der Waals surface area contributed by atoms with Crippen molar-refractivity contribution in [2.24, 2.45) is 0 Å². The van der Waals surface area contributed by atoms with E-state index in [1.165, 1.54) is 16.7 Å². The van der Waals surface area contributed by atoms with Crippen molar-refractivity contribution in [2.75, 3.05) is 11.6 Å². The van der Waals surface area contributed by atoms with E-state index in [0.717, 1.165) is 0 Å². The number of carbonyl (C=O) groups excluding carboxylic acids is 2. The van der Waals surface area contributed by atoms with Gasteiger partial charge in [-0.15, -0.1) is 11.8 Å². The summed E-state index contributed by atoms with van der Waals surface area (Å²) in [6, 6.07) is -2.08. The Balaban J connectivity index is 2.57. The number of carboxylic acids is 1. The normalized spacial score (nSPS) is 20.4. The maximum Gasteiger partial charge on any atom is 0.327 e. The fourth-order valence-corrected chi connectivity index (χ4v) is 2.80. The standard InChI is InChI=1S/C12H21N3O4S/c1-7(9(16)14-12(2,3)4)13-11(19)15-6-20-5-8(15)10(17)18/h7-8H,5-6H2,1-4H3,(H,13,19)(H,14,16)(H,17,18). The number of amides is 3. The first-order valence-corrected chi connectivity index (χ1v) is 7.47. The Labute approximate surface area is 122 Å². The van der Waals surface area contributed by atoms with Crippen LogP contribution in [0.4, 0.5) is 4.79 Å². The van der Waals surface area contributed by atoms with Gasteiger partial charge in [-0.3, -0.25) is 4.79 Å². The Morgan fingerprint density at radius 1 is 1.35 bits per heavy atom. The molecule has 1 heterocycles. The number of carbonyl (C=O) groups is 3. The number of hydrogen-bond donors (Lipinski definition) is 3. The van der Waals surface area contributed by atoms with Crippen molar-refractivity contribution in [1.82, 2.24) is 15.5 Å². The summed E-state index contributed by atoms with van der Waals surface area (Å²) >= 11 is 1.38. The van der Waals surface area contributed by atoms with Crippen LogP contribution in [0.15, 0.2) is 0 Å². The molecule has 0 aromatic rings. The predicted molar refractivity (Wildman–Crippen MR) is 76.5 cm³/mol. The van der Waals surface area contributed by atoms with Crippen LogP contribution in [0, 0.1) is 0 Å². The fraction of sp³-hybridized carbons (Fsp3) is 0.750. The van der Waals surface area contributed by atoms with Crippen molar-refractivity contribution in [3.8, 4) is 0 Å². The van der Waals surface area contributed by atoms with Crippen LogP contribution < -0.4 is 10.6 Å². The van der Waals surface area contributed by atoms with Gasteiger partial charge in [-0.25, -0.2) is 9.59 Å². The smallest absolute Gasteiger partial charge is 0.327 e. The molecule has 3 amide bonds. The van der Waals surface area contributed by atoms with Gasteiger partial charge in [0.15, 0.2) is 0 Å². The summed E-state index contributed by atoms with van der Waals surface area (Å²) in [7, 11) is 0. The largest absolute Gasteiger partial charge is 0.480 e. The zero-order valence-electron chi connectivity index (χ0n) is 12.1. The highest BCUT2D eigenvalue weighted by Crippen LogP contribution is 2.20. The highest BCUT2D eigenvalue weighted by molar-refractivity contribution is 7.99. The van der Waals surface area contributed by atoms with Gasteiger partial charge in [-0.1, -0.05) is 0 Å². The minimum Gasteiger partial charge on any atom is -0.480 e. The third kappa shape index (κ3) is 4.59. The summed E-state index contributed by atoms with van der Waals surface area (Å²) in [5, 5.41) is 14.3. The van der Waals surface area contributed by atoms with Crippen LogP contribution in [-0.4, -0.2) is 57.2 Å². The van der Waals surface area contributed by atoms with Crippen molar-refractivity contribution in [3.05, 3.63) is 0 Å². The average molecular weight is 303 g/mol. The second-order valence-corrected chi connectivity index (χ2v) is 6.73. The average Bonchev–Trinajstić information content (AvgIpc) is 2.75. The minimum absolute atomic E-state index is 0.301. The van der Waals surface area contributed by atoms with Crippen molar-refractivity contribution >= 4 is 29.7 Å². The van der Waals surface area contributed by atoms with Crippen LogP contribution in [0.3, 0.4) is 0 Å². The third-order valence-electron chi connectivity index (χ3n) is 2.66. The molecule has 1 aliphatic rings. The zero-order valence-corrected chi connectivity index (χ0v) is 12.9. The van der Waals surface area contributed by atoms with Crippen LogP contribution in [0.2, 0.25) is 0 Å². The van der Waals surface area contributed by atoms with Crippen molar-refractivity contribution < 1.29 is 19.5 Å². The van der Waals surface area contributed by atoms with E-state index in [0.29, 0.717) is 11.6 Å². The van der Waals surface area contributed by atoms with E-state index in [-0.39, 0.29) is 11.4 Å². The molecule has 1 saturated heterocycles. The number of rotatable bonds is 3. The van der Waals surface area contributed by atoms with Crippen molar-refractivity contribution in [1.29, 1.82) is 0 Å². The van der Waals surface area contributed by atoms with Gasteiger partial charge >= 0.3 is 12.0 Å². The van der Waals surface area contributed by atoms with Crippen molar-refractivity contribution in [2.45, 2.75) is 45.3 Å². The van der Waals surface area contributed by atoms with Gasteiger partial charge in [0.1, 0.15) is 12.1 Å². The van der Waals surface area contributed by atoms with Crippen LogP contribution in [0.25, 0.3) is 0 Å². The number of hydrogen-bond acceptors (Lipinski definition) is 4. The first kappa shape index (κ1) is 16.6. The van der Waals surface area contributed by atoms with Gasteiger partial charge in [0.2, 0.25) is 5.91 Å². The molecule has 1 rings (SSSR count). The molecule has 2 atom stereocenters. The Morgan fingerprint density at radius 2 is 1.95 bits per heavy atom. The molecule has 0 saturated carbocycles. The molecule has 3 N–H and O–H groups in total. The Kier molecular flexibility index (Phi) is 5.27. The summed E-state index contributed by atoms with van der Waals surface area (Å²) < 4.78 is 0. The topological polar surface area (TPSA) is 98.7 Å². The van der Waals surface area contributed by atoms with Gasteiger partial charge in [-0.2, -0.15) is 0 Å². The maximum atomic E-state index is 12.0. The molecule has 0 bridgehead atoms. The number of nitrogens with one attached hydrogen (secondary N) is 2. The number of urea groups is 1. The molecule has 0 aromatic carbocycles. The van der Waals surface area contributed by atoms with Gasteiger partial charge in [0, 0.05) is 11.3 Å². The lowest BCUT2D eigenvalue weighted by molar-refractivity contribution is -0.140. The monoisotopic (exact) mass is 303 g/mol. The van der Waals surface area contributed by atoms with E-state index in [2.05, 4.69) is 10.6 Å². The van der Waals surface area contributed by atoms with Crippen LogP contribution in [0.5, 0.6) is 0 Å². The molecule has 0 aliphatic carbocycles. The summed E-state index contributed by atoms with van der Waals surface area (Å²) in [6.45, 7) is 7.10. The number of aliphatic carboxylic acids is 1. The maximum absolute atomic E-state index is 12.0. The van der Waals surface area contributed by atoms with Crippen LogP contribution >= 0.6 is 11.8 Å². The van der Waals surface area contributed by atoms with Crippen molar-refractivity contribution in [3.63, 3.8) is 0 Å². The first-order valence-electron chi connectivity index (χ1n) is 6.31. The minimum atomic E-state index is -1.03. The molecule has 114 valence electrons. The molecule has 0 aromatic heterocycles. The third-order valence-corrected chi connectivity index (χ3v) is 3.67. The SMILES string of the molecule is CC(NC(=O)N1CSCC1C(=O)O)C(=O)NC(C)(C)C. The first-order chi connectivity index (χ1) is 9.11. The molecule has 0 spiro atoms. The van der Waals surface area contributed by atoms with E-state index >= 15 is 0 Å². The van der Waals surface area contributed by atoms with E-state index in [4.69, 9.17) is 5.11 Å². The lowest BCUT2D eigenvalue weighted by atomic mass is 10.1. The zero-order chi connectivity index (χ0) is 15.5. The predicted octanol–water partition coefficient (Wildman–Crippen LogP) is 0.459. The molecule has 2 unspecified atom stereocenters. The highest BCUT2D eigenvalue weighted by atomic mass is 32.2. The summed E-state index contributed by atoms with van der Waals surface area (Å²) in [4.78, 5) is 36.1. The Morgan fingerprint density at radius 3 is 2.45 bits per heavy atom. The Bertz CT molecular complexity index is 408. The van der Waals surface area contributed by atoms with E-state index < -0.39 is 24.1 Å². The molecule has 1 aliphatic heterocycles. The lowest BCUT2D eigenvalue weighted by Gasteiger charge is -2.26. The van der Waals surface area contributed by atoms with E-state index in [9.17, 15) is 14.4 Å². The fourth-order valence-electron chi connectivity index (χ4n) is 1.66. The van der Waals surface area contributed by atoms with Gasteiger partial charge < -0.3 is 20.6 Å². The van der Waals surface area contributed by atoms with Crippen LogP contribution in [0.1, 0.15) is 27.7 Å². The molecule has 1 fully saturated rings. The summed E-state index contributed by atoms with van der Waals surface area (Å²) in [5.41, 5.74) is -0.386. The number of carboxylic acid groups (broad SMARTS) is 1.